The third-order valence-electron chi connectivity index (χ3n) is 5.94. The van der Waals surface area contributed by atoms with Gasteiger partial charge in [-0.25, -0.2) is 13.2 Å². The summed E-state index contributed by atoms with van der Waals surface area (Å²) < 4.78 is 49.0. The predicted octanol–water partition coefficient (Wildman–Crippen LogP) is 1.74. The van der Waals surface area contributed by atoms with Gasteiger partial charge in [0.2, 0.25) is 10.0 Å². The topological polar surface area (TPSA) is 124 Å². The van der Waals surface area contributed by atoms with Crippen LogP contribution in [-0.4, -0.2) is 90.4 Å². The van der Waals surface area contributed by atoms with E-state index in [1.807, 2.05) is 11.8 Å². The molecule has 0 radical (unpaired) electrons. The van der Waals surface area contributed by atoms with Crippen LogP contribution in [0.4, 0.5) is 11.4 Å². The summed E-state index contributed by atoms with van der Waals surface area (Å²) in [6.07, 6.45) is 0. The summed E-state index contributed by atoms with van der Waals surface area (Å²) >= 11 is 0. The molecule has 2 saturated heterocycles. The van der Waals surface area contributed by atoms with Crippen molar-refractivity contribution in [3.8, 4) is 5.75 Å². The lowest BCUT2D eigenvalue weighted by molar-refractivity contribution is -0.119. The number of morpholine rings is 2. The fourth-order valence-corrected chi connectivity index (χ4v) is 5.48. The summed E-state index contributed by atoms with van der Waals surface area (Å²) in [7, 11) is -3.77. The van der Waals surface area contributed by atoms with Crippen LogP contribution in [0, 0.1) is 0 Å². The molecule has 2 aliphatic heterocycles. The molecule has 4 rings (SSSR count). The van der Waals surface area contributed by atoms with Crippen LogP contribution in [0.3, 0.4) is 0 Å². The normalized spacial score (nSPS) is 16.7. The van der Waals surface area contributed by atoms with Gasteiger partial charge in [-0.1, -0.05) is 0 Å². The largest absolute Gasteiger partial charge is 0.494 e. The zero-order valence-corrected chi connectivity index (χ0v) is 21.5. The van der Waals surface area contributed by atoms with Gasteiger partial charge in [0, 0.05) is 26.2 Å². The average Bonchev–Trinajstić information content (AvgIpc) is 2.93. The third kappa shape index (κ3) is 6.77. The van der Waals surface area contributed by atoms with Crippen LogP contribution >= 0.6 is 0 Å². The highest BCUT2D eigenvalue weighted by atomic mass is 32.2. The molecule has 0 unspecified atom stereocenters. The number of benzene rings is 2. The molecular weight excluding hydrogens is 502 g/mol. The summed E-state index contributed by atoms with van der Waals surface area (Å²) in [6.45, 7) is 5.22. The van der Waals surface area contributed by atoms with Crippen molar-refractivity contribution in [2.75, 3.05) is 76.0 Å². The summed E-state index contributed by atoms with van der Waals surface area (Å²) in [6, 6.07) is 11.1. The summed E-state index contributed by atoms with van der Waals surface area (Å²) in [5, 5.41) is 2.73. The number of anilines is 2. The number of nitrogens with zero attached hydrogens (tertiary/aromatic N) is 2. The minimum atomic E-state index is -3.77. The Hall–Kier alpha value is -3.19. The van der Waals surface area contributed by atoms with E-state index in [1.54, 1.807) is 30.3 Å². The van der Waals surface area contributed by atoms with E-state index < -0.39 is 28.5 Å². The van der Waals surface area contributed by atoms with Crippen LogP contribution in [0.5, 0.6) is 5.75 Å². The second kappa shape index (κ2) is 12.4. The fourth-order valence-electron chi connectivity index (χ4n) is 4.05. The first kappa shape index (κ1) is 26.9. The maximum atomic E-state index is 13.2. The van der Waals surface area contributed by atoms with Gasteiger partial charge in [0.05, 0.1) is 54.9 Å². The van der Waals surface area contributed by atoms with Crippen molar-refractivity contribution in [1.82, 2.24) is 4.31 Å². The molecule has 1 amide bonds. The van der Waals surface area contributed by atoms with Gasteiger partial charge < -0.3 is 29.2 Å². The maximum Gasteiger partial charge on any atom is 0.338 e. The minimum Gasteiger partial charge on any atom is -0.494 e. The molecule has 200 valence electrons. The van der Waals surface area contributed by atoms with E-state index in [1.165, 1.54) is 16.4 Å². The highest BCUT2D eigenvalue weighted by Gasteiger charge is 2.28. The second-order valence-corrected chi connectivity index (χ2v) is 10.3. The highest BCUT2D eigenvalue weighted by Crippen LogP contribution is 2.31. The average molecular weight is 534 g/mol. The zero-order valence-electron chi connectivity index (χ0n) is 20.7. The van der Waals surface area contributed by atoms with Crippen molar-refractivity contribution < 1.29 is 37.0 Å². The molecule has 37 heavy (non-hydrogen) atoms. The number of rotatable bonds is 9. The first-order chi connectivity index (χ1) is 17.9. The molecule has 2 heterocycles. The van der Waals surface area contributed by atoms with Crippen molar-refractivity contribution >= 4 is 33.3 Å². The Bertz CT molecular complexity index is 1190. The first-order valence-corrected chi connectivity index (χ1v) is 13.6. The Morgan fingerprint density at radius 2 is 1.59 bits per heavy atom. The number of carbonyl (C=O) groups excluding carboxylic acids is 2. The molecule has 2 aromatic carbocycles. The molecule has 2 aromatic rings. The van der Waals surface area contributed by atoms with E-state index in [0.717, 1.165) is 0 Å². The summed E-state index contributed by atoms with van der Waals surface area (Å²) in [5.74, 6) is -0.621. The van der Waals surface area contributed by atoms with Gasteiger partial charge in [-0.3, -0.25) is 4.79 Å². The van der Waals surface area contributed by atoms with Gasteiger partial charge in [-0.15, -0.1) is 0 Å². The Morgan fingerprint density at radius 1 is 0.946 bits per heavy atom. The van der Waals surface area contributed by atoms with Gasteiger partial charge in [0.1, 0.15) is 5.75 Å². The Kier molecular flexibility index (Phi) is 8.98. The van der Waals surface area contributed by atoms with Crippen molar-refractivity contribution in [3.63, 3.8) is 0 Å². The van der Waals surface area contributed by atoms with Crippen LogP contribution in [0.2, 0.25) is 0 Å². The van der Waals surface area contributed by atoms with Gasteiger partial charge in [0.25, 0.3) is 5.91 Å². The van der Waals surface area contributed by atoms with Crippen LogP contribution in [-0.2, 0) is 29.0 Å². The lowest BCUT2D eigenvalue weighted by atomic mass is 10.2. The highest BCUT2D eigenvalue weighted by molar-refractivity contribution is 7.89. The smallest absolute Gasteiger partial charge is 0.338 e. The Labute approximate surface area is 216 Å². The fraction of sp³-hybridized carbons (Fsp3) is 0.440. The summed E-state index contributed by atoms with van der Waals surface area (Å²) in [4.78, 5) is 27.2. The third-order valence-corrected chi connectivity index (χ3v) is 7.83. The molecular formula is C25H31N3O8S. The SMILES string of the molecule is CCOc1ccc(C(=O)OCC(=O)Nc2cc(S(=O)(=O)N3CCOCC3)ccc2N2CCOCC2)cc1. The van der Waals surface area contributed by atoms with Gasteiger partial charge in [-0.05, 0) is 49.4 Å². The van der Waals surface area contributed by atoms with Crippen molar-refractivity contribution in [3.05, 3.63) is 48.0 Å². The molecule has 12 heteroatoms. The zero-order chi connectivity index (χ0) is 26.3. The van der Waals surface area contributed by atoms with Gasteiger partial charge >= 0.3 is 5.97 Å². The lowest BCUT2D eigenvalue weighted by Crippen LogP contribution is -2.40. The quantitative estimate of drug-likeness (QED) is 0.480. The van der Waals surface area contributed by atoms with E-state index in [0.29, 0.717) is 63.2 Å². The van der Waals surface area contributed by atoms with E-state index in [9.17, 15) is 18.0 Å². The van der Waals surface area contributed by atoms with E-state index in [2.05, 4.69) is 5.32 Å². The lowest BCUT2D eigenvalue weighted by Gasteiger charge is -2.31. The van der Waals surface area contributed by atoms with E-state index >= 15 is 0 Å². The first-order valence-electron chi connectivity index (χ1n) is 12.1. The minimum absolute atomic E-state index is 0.0630. The predicted molar refractivity (Wildman–Crippen MR) is 136 cm³/mol. The summed E-state index contributed by atoms with van der Waals surface area (Å²) in [5.41, 5.74) is 1.26. The van der Waals surface area contributed by atoms with Gasteiger partial charge in [0.15, 0.2) is 6.61 Å². The van der Waals surface area contributed by atoms with Crippen LogP contribution in [0.15, 0.2) is 47.4 Å². The monoisotopic (exact) mass is 533 g/mol. The second-order valence-electron chi connectivity index (χ2n) is 8.38. The van der Waals surface area contributed by atoms with E-state index in [-0.39, 0.29) is 23.5 Å². The Morgan fingerprint density at radius 3 is 2.24 bits per heavy atom. The number of amides is 1. The molecule has 2 aliphatic rings. The number of sulfonamides is 1. The number of ether oxygens (including phenoxy) is 4. The number of hydrogen-bond acceptors (Lipinski definition) is 9. The molecule has 0 spiro atoms. The standard InChI is InChI=1S/C25H31N3O8S/c1-2-35-20-5-3-19(4-6-20)25(30)36-18-24(29)26-22-17-21(37(31,32)28-11-15-34-16-12-28)7-8-23(22)27-9-13-33-14-10-27/h3-8,17H,2,9-16,18H2,1H3,(H,26,29). The Balaban J connectivity index is 1.48. The van der Waals surface area contributed by atoms with Crippen LogP contribution in [0.25, 0.3) is 0 Å². The van der Waals surface area contributed by atoms with Crippen LogP contribution < -0.4 is 15.0 Å². The van der Waals surface area contributed by atoms with Gasteiger partial charge in [-0.2, -0.15) is 4.31 Å². The number of carbonyl (C=O) groups is 2. The molecule has 0 atom stereocenters. The van der Waals surface area contributed by atoms with Crippen molar-refractivity contribution in [1.29, 1.82) is 0 Å². The molecule has 0 saturated carbocycles. The molecule has 0 bridgehead atoms. The number of nitrogens with one attached hydrogen (secondary N) is 1. The molecule has 0 aromatic heterocycles. The van der Waals surface area contributed by atoms with Crippen LogP contribution in [0.1, 0.15) is 17.3 Å². The molecule has 1 N–H and O–H groups in total. The van der Waals surface area contributed by atoms with Crippen molar-refractivity contribution in [2.24, 2.45) is 0 Å². The molecule has 0 aliphatic carbocycles. The molecule has 11 nitrogen and oxygen atoms in total. The number of hydrogen-bond donors (Lipinski definition) is 1. The molecule has 2 fully saturated rings. The number of esters is 1. The maximum absolute atomic E-state index is 13.2. The van der Waals surface area contributed by atoms with Crippen molar-refractivity contribution in [2.45, 2.75) is 11.8 Å². The van der Waals surface area contributed by atoms with E-state index in [4.69, 9.17) is 18.9 Å².